The fourth-order valence-electron chi connectivity index (χ4n) is 2.22. The Labute approximate surface area is 150 Å². The third-order valence-corrected chi connectivity index (χ3v) is 3.67. The monoisotopic (exact) mass is 355 g/mol. The van der Waals surface area contributed by atoms with E-state index in [-0.39, 0.29) is 10.8 Å². The number of non-ortho nitro benzene ring substituents is 1. The molecule has 0 atom stereocenters. The zero-order valence-corrected chi connectivity index (χ0v) is 14.6. The number of aryl methyl sites for hydroxylation is 2. The lowest BCUT2D eigenvalue weighted by molar-refractivity contribution is -0.384. The second kappa shape index (κ2) is 8.16. The Morgan fingerprint density at radius 2 is 1.80 bits per heavy atom. The molecule has 128 valence electrons. The van der Waals surface area contributed by atoms with Crippen LogP contribution in [-0.2, 0) is 4.79 Å². The van der Waals surface area contributed by atoms with Crippen LogP contribution in [-0.4, -0.2) is 15.9 Å². The molecule has 2 rings (SSSR count). The summed E-state index contributed by atoms with van der Waals surface area (Å²) in [7, 11) is 0. The van der Waals surface area contributed by atoms with Gasteiger partial charge in [0.2, 0.25) is 5.91 Å². The predicted molar refractivity (Wildman–Crippen MR) is 102 cm³/mol. The SMILES string of the molecule is Cc1cccc(C)c1NC(=S)NC(=O)C=Cc1cccc([N+](=O)[O-])c1. The van der Waals surface area contributed by atoms with Gasteiger partial charge in [-0.05, 0) is 48.8 Å². The predicted octanol–water partition coefficient (Wildman–Crippen LogP) is 3.74. The number of amides is 1. The maximum Gasteiger partial charge on any atom is 0.270 e. The highest BCUT2D eigenvalue weighted by Gasteiger charge is 2.07. The molecule has 0 saturated heterocycles. The zero-order valence-electron chi connectivity index (χ0n) is 13.8. The molecule has 2 aromatic carbocycles. The van der Waals surface area contributed by atoms with Gasteiger partial charge in [-0.2, -0.15) is 0 Å². The fourth-order valence-corrected chi connectivity index (χ4v) is 2.43. The van der Waals surface area contributed by atoms with Crippen molar-refractivity contribution >= 4 is 40.7 Å². The van der Waals surface area contributed by atoms with Crippen LogP contribution in [0.25, 0.3) is 6.08 Å². The summed E-state index contributed by atoms with van der Waals surface area (Å²) in [5.74, 6) is -0.421. The van der Waals surface area contributed by atoms with Crippen molar-refractivity contribution < 1.29 is 9.72 Å². The summed E-state index contributed by atoms with van der Waals surface area (Å²) in [6, 6.07) is 11.8. The molecule has 0 aromatic heterocycles. The molecule has 0 unspecified atom stereocenters. The third-order valence-electron chi connectivity index (χ3n) is 3.46. The molecular weight excluding hydrogens is 338 g/mol. The van der Waals surface area contributed by atoms with Crippen molar-refractivity contribution in [3.63, 3.8) is 0 Å². The highest BCUT2D eigenvalue weighted by molar-refractivity contribution is 7.80. The molecule has 0 aliphatic rings. The Morgan fingerprint density at radius 3 is 2.44 bits per heavy atom. The summed E-state index contributed by atoms with van der Waals surface area (Å²) in [6.45, 7) is 3.89. The number of thiocarbonyl (C=S) groups is 1. The Hall–Kier alpha value is -3.06. The van der Waals surface area contributed by atoms with Gasteiger partial charge in [0.05, 0.1) is 4.92 Å². The van der Waals surface area contributed by atoms with Crippen molar-refractivity contribution in [3.8, 4) is 0 Å². The minimum Gasteiger partial charge on any atom is -0.332 e. The molecule has 0 heterocycles. The van der Waals surface area contributed by atoms with Gasteiger partial charge in [-0.1, -0.05) is 30.3 Å². The molecule has 0 bridgehead atoms. The average Bonchev–Trinajstić information content (AvgIpc) is 2.56. The summed E-state index contributed by atoms with van der Waals surface area (Å²) in [5.41, 5.74) is 3.41. The fraction of sp³-hybridized carbons (Fsp3) is 0.111. The second-order valence-electron chi connectivity index (χ2n) is 5.40. The van der Waals surface area contributed by atoms with Crippen LogP contribution in [0.2, 0.25) is 0 Å². The van der Waals surface area contributed by atoms with Gasteiger partial charge in [0.15, 0.2) is 5.11 Å². The standard InChI is InChI=1S/C18H17N3O3S/c1-12-5-3-6-13(2)17(12)20-18(25)19-16(22)10-9-14-7-4-8-15(11-14)21(23)24/h3-11H,1-2H3,(H2,19,20,22,25). The lowest BCUT2D eigenvalue weighted by Crippen LogP contribution is -2.33. The Balaban J connectivity index is 1.99. The number of hydrogen-bond acceptors (Lipinski definition) is 4. The first-order chi connectivity index (χ1) is 11.9. The maximum atomic E-state index is 11.9. The molecule has 25 heavy (non-hydrogen) atoms. The summed E-state index contributed by atoms with van der Waals surface area (Å²) >= 11 is 5.15. The van der Waals surface area contributed by atoms with E-state index >= 15 is 0 Å². The van der Waals surface area contributed by atoms with E-state index in [2.05, 4.69) is 10.6 Å². The molecular formula is C18H17N3O3S. The second-order valence-corrected chi connectivity index (χ2v) is 5.80. The van der Waals surface area contributed by atoms with Crippen molar-refractivity contribution in [2.75, 3.05) is 5.32 Å². The van der Waals surface area contributed by atoms with Crippen LogP contribution in [0.3, 0.4) is 0 Å². The molecule has 0 aliphatic heterocycles. The van der Waals surface area contributed by atoms with Crippen LogP contribution >= 0.6 is 12.2 Å². The van der Waals surface area contributed by atoms with Crippen molar-refractivity contribution in [1.82, 2.24) is 5.32 Å². The number of nitrogens with one attached hydrogen (secondary N) is 2. The molecule has 0 saturated carbocycles. The van der Waals surface area contributed by atoms with E-state index in [1.165, 1.54) is 24.3 Å². The number of anilines is 1. The molecule has 0 aliphatic carbocycles. The van der Waals surface area contributed by atoms with Gasteiger partial charge in [0, 0.05) is 23.9 Å². The molecule has 0 fully saturated rings. The van der Waals surface area contributed by atoms with E-state index in [1.807, 2.05) is 32.0 Å². The number of para-hydroxylation sites is 1. The average molecular weight is 355 g/mol. The lowest BCUT2D eigenvalue weighted by Gasteiger charge is -2.13. The number of benzene rings is 2. The van der Waals surface area contributed by atoms with Crippen LogP contribution in [0.15, 0.2) is 48.5 Å². The van der Waals surface area contributed by atoms with Gasteiger partial charge < -0.3 is 5.32 Å². The van der Waals surface area contributed by atoms with Crippen molar-refractivity contribution in [2.24, 2.45) is 0 Å². The highest BCUT2D eigenvalue weighted by Crippen LogP contribution is 2.19. The molecule has 0 radical (unpaired) electrons. The Morgan fingerprint density at radius 1 is 1.16 bits per heavy atom. The molecule has 1 amide bonds. The number of hydrogen-bond donors (Lipinski definition) is 2. The first kappa shape index (κ1) is 18.3. The van der Waals surface area contributed by atoms with Gasteiger partial charge in [-0.25, -0.2) is 0 Å². The Bertz CT molecular complexity index is 842. The third kappa shape index (κ3) is 5.22. The zero-order chi connectivity index (χ0) is 18.4. The lowest BCUT2D eigenvalue weighted by atomic mass is 10.1. The summed E-state index contributed by atoms with van der Waals surface area (Å²) in [5, 5.41) is 16.5. The van der Waals surface area contributed by atoms with Gasteiger partial charge in [0.1, 0.15) is 0 Å². The summed E-state index contributed by atoms with van der Waals surface area (Å²) in [4.78, 5) is 22.2. The van der Waals surface area contributed by atoms with E-state index in [0.717, 1.165) is 16.8 Å². The van der Waals surface area contributed by atoms with Crippen LogP contribution in [0.5, 0.6) is 0 Å². The van der Waals surface area contributed by atoms with Crippen LogP contribution < -0.4 is 10.6 Å². The van der Waals surface area contributed by atoms with Crippen LogP contribution in [0, 0.1) is 24.0 Å². The van der Waals surface area contributed by atoms with Crippen LogP contribution in [0.4, 0.5) is 11.4 Å². The molecule has 0 spiro atoms. The highest BCUT2D eigenvalue weighted by atomic mass is 32.1. The molecule has 6 nitrogen and oxygen atoms in total. The van der Waals surface area contributed by atoms with Gasteiger partial charge >= 0.3 is 0 Å². The van der Waals surface area contributed by atoms with E-state index in [0.29, 0.717) is 5.56 Å². The quantitative estimate of drug-likeness (QED) is 0.378. The normalized spacial score (nSPS) is 10.5. The first-order valence-corrected chi connectivity index (χ1v) is 7.88. The number of nitro groups is 1. The van der Waals surface area contributed by atoms with E-state index < -0.39 is 10.8 Å². The Kier molecular flexibility index (Phi) is 5.97. The van der Waals surface area contributed by atoms with E-state index in [9.17, 15) is 14.9 Å². The van der Waals surface area contributed by atoms with E-state index in [4.69, 9.17) is 12.2 Å². The number of carbonyl (C=O) groups is 1. The minimum atomic E-state index is -0.485. The van der Waals surface area contributed by atoms with Crippen molar-refractivity contribution in [1.29, 1.82) is 0 Å². The minimum absolute atomic E-state index is 0.0326. The number of nitrogens with zero attached hydrogens (tertiary/aromatic N) is 1. The molecule has 2 N–H and O–H groups in total. The summed E-state index contributed by atoms with van der Waals surface area (Å²) in [6.07, 6.45) is 2.77. The van der Waals surface area contributed by atoms with Crippen molar-refractivity contribution in [3.05, 3.63) is 75.3 Å². The maximum absolute atomic E-state index is 11.9. The molecule has 2 aromatic rings. The van der Waals surface area contributed by atoms with Crippen LogP contribution in [0.1, 0.15) is 16.7 Å². The number of carbonyl (C=O) groups excluding carboxylic acids is 1. The van der Waals surface area contributed by atoms with Crippen molar-refractivity contribution in [2.45, 2.75) is 13.8 Å². The number of rotatable bonds is 4. The topological polar surface area (TPSA) is 84.3 Å². The van der Waals surface area contributed by atoms with Gasteiger partial charge in [-0.15, -0.1) is 0 Å². The molecule has 7 heteroatoms. The summed E-state index contributed by atoms with van der Waals surface area (Å²) < 4.78 is 0. The largest absolute Gasteiger partial charge is 0.332 e. The van der Waals surface area contributed by atoms with Gasteiger partial charge in [-0.3, -0.25) is 20.2 Å². The smallest absolute Gasteiger partial charge is 0.270 e. The number of nitro benzene ring substituents is 1. The van der Waals surface area contributed by atoms with Gasteiger partial charge in [0.25, 0.3) is 5.69 Å². The first-order valence-electron chi connectivity index (χ1n) is 7.47. The van der Waals surface area contributed by atoms with E-state index in [1.54, 1.807) is 12.1 Å².